The minimum atomic E-state index is -0.544. The van der Waals surface area contributed by atoms with E-state index in [1.807, 2.05) is 82.3 Å². The molecule has 0 aromatic heterocycles. The Morgan fingerprint density at radius 1 is 1.00 bits per heavy atom. The van der Waals surface area contributed by atoms with E-state index in [2.05, 4.69) is 5.32 Å². The van der Waals surface area contributed by atoms with Gasteiger partial charge in [0.25, 0.3) is 5.91 Å². The molecule has 0 unspecified atom stereocenters. The summed E-state index contributed by atoms with van der Waals surface area (Å²) in [4.78, 5) is 27.6. The highest BCUT2D eigenvalue weighted by atomic mass is 16.5. The number of amides is 2. The largest absolute Gasteiger partial charge is 0.484 e. The summed E-state index contributed by atoms with van der Waals surface area (Å²) in [6, 6.07) is 16.8. The number of para-hydroxylation sites is 1. The Bertz CT molecular complexity index is 774. The molecule has 2 aromatic rings. The summed E-state index contributed by atoms with van der Waals surface area (Å²) in [5.41, 5.74) is 2.14. The van der Waals surface area contributed by atoms with Crippen LogP contribution < -0.4 is 10.1 Å². The number of hydrogen-bond donors (Lipinski definition) is 1. The number of aryl methyl sites for hydroxylation is 1. The molecule has 156 valence electrons. The SMILES string of the molecule is CC[C@@H](C)NC(=O)[C@H](CC)N(Cc1ccc(C)cc1)C(=O)COc1ccccc1. The molecule has 2 rings (SSSR count). The summed E-state index contributed by atoms with van der Waals surface area (Å²) >= 11 is 0. The van der Waals surface area contributed by atoms with Crippen LogP contribution in [0.15, 0.2) is 54.6 Å². The Morgan fingerprint density at radius 3 is 2.24 bits per heavy atom. The van der Waals surface area contributed by atoms with Crippen LogP contribution in [0.3, 0.4) is 0 Å². The zero-order valence-corrected chi connectivity index (χ0v) is 17.9. The van der Waals surface area contributed by atoms with Crippen LogP contribution in [0.5, 0.6) is 5.75 Å². The van der Waals surface area contributed by atoms with Crippen LogP contribution in [0.2, 0.25) is 0 Å². The van der Waals surface area contributed by atoms with Gasteiger partial charge in [0.2, 0.25) is 5.91 Å². The fourth-order valence-electron chi connectivity index (χ4n) is 3.00. The predicted molar refractivity (Wildman–Crippen MR) is 116 cm³/mol. The van der Waals surface area contributed by atoms with Crippen molar-refractivity contribution in [2.45, 2.75) is 59.2 Å². The van der Waals surface area contributed by atoms with Gasteiger partial charge in [-0.05, 0) is 44.4 Å². The molecule has 0 aliphatic carbocycles. The molecule has 0 bridgehead atoms. The summed E-state index contributed by atoms with van der Waals surface area (Å²) in [5, 5.41) is 3.01. The molecule has 5 nitrogen and oxygen atoms in total. The number of ether oxygens (including phenoxy) is 1. The van der Waals surface area contributed by atoms with Crippen LogP contribution in [0, 0.1) is 6.92 Å². The number of benzene rings is 2. The van der Waals surface area contributed by atoms with Gasteiger partial charge in [-0.25, -0.2) is 0 Å². The number of carbonyl (C=O) groups is 2. The Hall–Kier alpha value is -2.82. The van der Waals surface area contributed by atoms with Crippen LogP contribution in [0.1, 0.15) is 44.7 Å². The van der Waals surface area contributed by atoms with Crippen molar-refractivity contribution in [3.05, 3.63) is 65.7 Å². The molecule has 0 saturated heterocycles. The minimum Gasteiger partial charge on any atom is -0.484 e. The van der Waals surface area contributed by atoms with Gasteiger partial charge in [-0.3, -0.25) is 9.59 Å². The van der Waals surface area contributed by atoms with Crippen LogP contribution in [-0.2, 0) is 16.1 Å². The van der Waals surface area contributed by atoms with Crippen molar-refractivity contribution >= 4 is 11.8 Å². The number of rotatable bonds is 10. The fourth-order valence-corrected chi connectivity index (χ4v) is 3.00. The molecule has 0 heterocycles. The number of hydrogen-bond acceptors (Lipinski definition) is 3. The molecule has 0 aliphatic heterocycles. The lowest BCUT2D eigenvalue weighted by Gasteiger charge is -2.31. The molecule has 0 saturated carbocycles. The van der Waals surface area contributed by atoms with E-state index in [0.717, 1.165) is 17.5 Å². The van der Waals surface area contributed by atoms with E-state index in [1.165, 1.54) is 0 Å². The fraction of sp³-hybridized carbons (Fsp3) is 0.417. The molecule has 29 heavy (non-hydrogen) atoms. The average Bonchev–Trinajstić information content (AvgIpc) is 2.73. The van der Waals surface area contributed by atoms with Crippen LogP contribution >= 0.6 is 0 Å². The van der Waals surface area contributed by atoms with Crippen LogP contribution in [-0.4, -0.2) is 35.4 Å². The van der Waals surface area contributed by atoms with Gasteiger partial charge in [0.15, 0.2) is 6.61 Å². The van der Waals surface area contributed by atoms with Crippen molar-refractivity contribution in [2.24, 2.45) is 0 Å². The molecule has 2 amide bonds. The molecule has 0 spiro atoms. The highest BCUT2D eigenvalue weighted by Gasteiger charge is 2.29. The van der Waals surface area contributed by atoms with Gasteiger partial charge in [0.05, 0.1) is 0 Å². The standard InChI is InChI=1S/C24H32N2O3/c1-5-19(4)25-24(28)22(6-2)26(16-20-14-12-18(3)13-15-20)23(27)17-29-21-10-8-7-9-11-21/h7-15,19,22H,5-6,16-17H2,1-4H3,(H,25,28)/t19-,22+/m1/s1. The van der Waals surface area contributed by atoms with E-state index in [0.29, 0.717) is 18.7 Å². The Kier molecular flexibility index (Phi) is 8.71. The lowest BCUT2D eigenvalue weighted by molar-refractivity contribution is -0.143. The average molecular weight is 397 g/mol. The molecule has 2 aromatic carbocycles. The second-order valence-corrected chi connectivity index (χ2v) is 7.35. The molecule has 5 heteroatoms. The highest BCUT2D eigenvalue weighted by molar-refractivity contribution is 5.88. The van der Waals surface area contributed by atoms with Gasteiger partial charge in [-0.2, -0.15) is 0 Å². The van der Waals surface area contributed by atoms with Gasteiger partial charge in [-0.1, -0.05) is 61.9 Å². The maximum absolute atomic E-state index is 13.1. The predicted octanol–water partition coefficient (Wildman–Crippen LogP) is 4.10. The van der Waals surface area contributed by atoms with Crippen molar-refractivity contribution in [1.29, 1.82) is 0 Å². The van der Waals surface area contributed by atoms with E-state index in [9.17, 15) is 9.59 Å². The first-order valence-corrected chi connectivity index (χ1v) is 10.3. The van der Waals surface area contributed by atoms with Gasteiger partial charge in [-0.15, -0.1) is 0 Å². The molecular weight excluding hydrogens is 364 g/mol. The lowest BCUT2D eigenvalue weighted by atomic mass is 10.1. The van der Waals surface area contributed by atoms with E-state index >= 15 is 0 Å². The zero-order valence-electron chi connectivity index (χ0n) is 17.9. The van der Waals surface area contributed by atoms with Crippen molar-refractivity contribution in [3.63, 3.8) is 0 Å². The Morgan fingerprint density at radius 2 is 1.66 bits per heavy atom. The first-order valence-electron chi connectivity index (χ1n) is 10.3. The van der Waals surface area contributed by atoms with Crippen molar-refractivity contribution in [2.75, 3.05) is 6.61 Å². The number of nitrogens with one attached hydrogen (secondary N) is 1. The zero-order chi connectivity index (χ0) is 21.2. The smallest absolute Gasteiger partial charge is 0.261 e. The van der Waals surface area contributed by atoms with Crippen molar-refractivity contribution in [3.8, 4) is 5.75 Å². The topological polar surface area (TPSA) is 58.6 Å². The number of carbonyl (C=O) groups excluding carboxylic acids is 2. The Balaban J connectivity index is 2.19. The van der Waals surface area contributed by atoms with Crippen molar-refractivity contribution < 1.29 is 14.3 Å². The summed E-state index contributed by atoms with van der Waals surface area (Å²) in [7, 11) is 0. The van der Waals surface area contributed by atoms with Crippen molar-refractivity contribution in [1.82, 2.24) is 10.2 Å². The monoisotopic (exact) mass is 396 g/mol. The van der Waals surface area contributed by atoms with Gasteiger partial charge < -0.3 is 15.0 Å². The van der Waals surface area contributed by atoms with Crippen LogP contribution in [0.25, 0.3) is 0 Å². The normalized spacial score (nSPS) is 12.7. The first kappa shape index (κ1) is 22.5. The molecule has 1 N–H and O–H groups in total. The lowest BCUT2D eigenvalue weighted by Crippen LogP contribution is -2.51. The summed E-state index contributed by atoms with van der Waals surface area (Å²) in [5.74, 6) is 0.302. The molecule has 2 atom stereocenters. The minimum absolute atomic E-state index is 0.0634. The third-order valence-corrected chi connectivity index (χ3v) is 4.97. The van der Waals surface area contributed by atoms with E-state index in [-0.39, 0.29) is 24.5 Å². The van der Waals surface area contributed by atoms with E-state index < -0.39 is 6.04 Å². The second-order valence-electron chi connectivity index (χ2n) is 7.35. The molecule has 0 aliphatic rings. The third kappa shape index (κ3) is 6.93. The van der Waals surface area contributed by atoms with Gasteiger partial charge in [0.1, 0.15) is 11.8 Å². The maximum Gasteiger partial charge on any atom is 0.261 e. The third-order valence-electron chi connectivity index (χ3n) is 4.97. The summed E-state index contributed by atoms with van der Waals surface area (Å²) in [6.45, 7) is 8.19. The Labute approximate surface area is 174 Å². The van der Waals surface area contributed by atoms with E-state index in [4.69, 9.17) is 4.74 Å². The maximum atomic E-state index is 13.1. The van der Waals surface area contributed by atoms with E-state index in [1.54, 1.807) is 4.90 Å². The highest BCUT2D eigenvalue weighted by Crippen LogP contribution is 2.15. The molecular formula is C24H32N2O3. The van der Waals surface area contributed by atoms with Gasteiger partial charge >= 0.3 is 0 Å². The quantitative estimate of drug-likeness (QED) is 0.658. The second kappa shape index (κ2) is 11.2. The molecule has 0 radical (unpaired) electrons. The summed E-state index contributed by atoms with van der Waals surface area (Å²) < 4.78 is 5.66. The van der Waals surface area contributed by atoms with Gasteiger partial charge in [0, 0.05) is 12.6 Å². The first-order chi connectivity index (χ1) is 13.9. The van der Waals surface area contributed by atoms with Crippen LogP contribution in [0.4, 0.5) is 0 Å². The molecule has 0 fully saturated rings. The number of nitrogens with zero attached hydrogens (tertiary/aromatic N) is 1. The summed E-state index contributed by atoms with van der Waals surface area (Å²) in [6.07, 6.45) is 1.37.